The Morgan fingerprint density at radius 3 is 0.651 bits per heavy atom. The maximum atomic E-state index is 13.2. The van der Waals surface area contributed by atoms with Crippen LogP contribution in [-0.4, -0.2) is 96.7 Å². The van der Waals surface area contributed by atoms with Crippen LogP contribution in [0.4, 0.5) is 0 Å². The first kappa shape index (κ1) is 107. The van der Waals surface area contributed by atoms with Gasteiger partial charge in [-0.1, -0.05) is 421 Å². The second kappa shape index (κ2) is 78.6. The highest BCUT2D eigenvalue weighted by Gasteiger charge is 2.31. The number of aliphatic hydroxyl groups excluding tert-OH is 1. The Morgan fingerprint density at radius 2 is 0.440 bits per heavy atom. The zero-order chi connectivity index (χ0) is 80.2. The van der Waals surface area contributed by atoms with Gasteiger partial charge in [-0.25, -0.2) is 9.13 Å². The number of phosphoric ester groups is 2. The number of unbranched alkanes of at least 4 members (excludes halogenated alkanes) is 51. The number of carbonyl (C=O) groups excluding carboxylic acids is 4. The van der Waals surface area contributed by atoms with E-state index in [-0.39, 0.29) is 25.7 Å². The van der Waals surface area contributed by atoms with Crippen molar-refractivity contribution in [1.82, 2.24) is 0 Å². The summed E-state index contributed by atoms with van der Waals surface area (Å²) in [5.41, 5.74) is 0. The molecule has 0 aromatic heterocycles. The van der Waals surface area contributed by atoms with Crippen molar-refractivity contribution in [1.29, 1.82) is 0 Å². The van der Waals surface area contributed by atoms with Crippen LogP contribution in [0, 0.1) is 23.7 Å². The second-order valence-corrected chi connectivity index (χ2v) is 36.7. The molecule has 0 aliphatic rings. The molecule has 0 amide bonds. The van der Waals surface area contributed by atoms with Gasteiger partial charge in [0.2, 0.25) is 0 Å². The lowest BCUT2D eigenvalue weighted by Gasteiger charge is -2.21. The third-order valence-corrected chi connectivity index (χ3v) is 23.7. The van der Waals surface area contributed by atoms with Crippen LogP contribution in [0.5, 0.6) is 0 Å². The summed E-state index contributed by atoms with van der Waals surface area (Å²) in [7, 11) is -9.94. The van der Waals surface area contributed by atoms with E-state index >= 15 is 0 Å². The summed E-state index contributed by atoms with van der Waals surface area (Å²) >= 11 is 0. The number of hydrogen-bond acceptors (Lipinski definition) is 15. The molecule has 0 radical (unpaired) electrons. The predicted molar refractivity (Wildman–Crippen MR) is 451 cm³/mol. The van der Waals surface area contributed by atoms with Gasteiger partial charge >= 0.3 is 39.5 Å². The van der Waals surface area contributed by atoms with Gasteiger partial charge in [0, 0.05) is 25.7 Å². The van der Waals surface area contributed by atoms with E-state index in [9.17, 15) is 43.2 Å². The van der Waals surface area contributed by atoms with Crippen LogP contribution >= 0.6 is 15.6 Å². The molecule has 3 N–H and O–H groups in total. The fraction of sp³-hybridized carbons (Fsp3) is 0.956. The molecule has 0 fully saturated rings. The van der Waals surface area contributed by atoms with E-state index in [1.165, 1.54) is 276 Å². The number of ether oxygens (including phenoxy) is 4. The fourth-order valence-electron chi connectivity index (χ4n) is 14.0. The Hall–Kier alpha value is -1.94. The lowest BCUT2D eigenvalue weighted by atomic mass is 9.99. The highest BCUT2D eigenvalue weighted by atomic mass is 31.2. The molecule has 0 saturated carbocycles. The number of phosphoric acid groups is 2. The number of aliphatic hydroxyl groups is 1. The van der Waals surface area contributed by atoms with Gasteiger partial charge < -0.3 is 33.8 Å². The Morgan fingerprint density at radius 1 is 0.257 bits per heavy atom. The van der Waals surface area contributed by atoms with Gasteiger partial charge in [0.05, 0.1) is 26.4 Å². The van der Waals surface area contributed by atoms with Crippen LogP contribution in [0.2, 0.25) is 0 Å². The molecule has 0 aliphatic carbocycles. The van der Waals surface area contributed by atoms with E-state index in [4.69, 9.17) is 37.0 Å². The van der Waals surface area contributed by atoms with Crippen molar-refractivity contribution >= 4 is 39.5 Å². The fourth-order valence-corrected chi connectivity index (χ4v) is 15.5. The van der Waals surface area contributed by atoms with E-state index in [1.54, 1.807) is 0 Å². The smallest absolute Gasteiger partial charge is 0.462 e. The van der Waals surface area contributed by atoms with E-state index in [0.29, 0.717) is 25.7 Å². The molecule has 0 heterocycles. The van der Waals surface area contributed by atoms with Gasteiger partial charge in [-0.3, -0.25) is 37.3 Å². The van der Waals surface area contributed by atoms with E-state index in [1.807, 2.05) is 0 Å². The molecule has 0 aliphatic heterocycles. The van der Waals surface area contributed by atoms with Crippen LogP contribution in [0.3, 0.4) is 0 Å². The van der Waals surface area contributed by atoms with Crippen molar-refractivity contribution in [3.63, 3.8) is 0 Å². The maximum Gasteiger partial charge on any atom is 0.472 e. The van der Waals surface area contributed by atoms with Crippen LogP contribution in [-0.2, 0) is 65.4 Å². The molecule has 0 aromatic rings. The first-order valence-corrected chi connectivity index (χ1v) is 49.3. The summed E-state index contributed by atoms with van der Waals surface area (Å²) in [4.78, 5) is 73.4. The van der Waals surface area contributed by atoms with E-state index in [0.717, 1.165) is 114 Å². The van der Waals surface area contributed by atoms with Crippen molar-refractivity contribution in [3.05, 3.63) is 0 Å². The molecule has 17 nitrogen and oxygen atoms in total. The molecular weight excluding hydrogens is 1410 g/mol. The normalized spacial score (nSPS) is 14.4. The molecule has 7 atom stereocenters. The van der Waals surface area contributed by atoms with Gasteiger partial charge in [-0.05, 0) is 49.4 Å². The third-order valence-electron chi connectivity index (χ3n) is 21.8. The molecule has 648 valence electrons. The van der Waals surface area contributed by atoms with Crippen LogP contribution in [0.1, 0.15) is 473 Å². The van der Waals surface area contributed by atoms with Crippen LogP contribution in [0.15, 0.2) is 0 Å². The Balaban J connectivity index is 5.26. The average Bonchev–Trinajstić information content (AvgIpc) is 0.874. The summed E-state index contributed by atoms with van der Waals surface area (Å²) in [6.07, 6.45) is 69.3. The second-order valence-electron chi connectivity index (χ2n) is 33.8. The minimum Gasteiger partial charge on any atom is -0.462 e. The molecule has 0 bridgehead atoms. The summed E-state index contributed by atoms with van der Waals surface area (Å²) in [6, 6.07) is 0. The summed E-state index contributed by atoms with van der Waals surface area (Å²) < 4.78 is 69.1. The van der Waals surface area contributed by atoms with Gasteiger partial charge in [0.15, 0.2) is 12.2 Å². The highest BCUT2D eigenvalue weighted by Crippen LogP contribution is 2.45. The van der Waals surface area contributed by atoms with Crippen molar-refractivity contribution in [2.45, 2.75) is 491 Å². The monoisotopic (exact) mass is 1590 g/mol. The standard InChI is InChI=1S/C90H176O17P2/c1-9-82(7)68-60-52-44-36-28-22-17-19-24-30-38-46-54-62-70-87(92)100-76-85(106-89(94)72-64-56-48-39-31-25-16-14-12-11-13-15-21-27-34-42-50-58-66-80(3)4)78-104-108(96,97)102-74-84(91)75-103-109(98,99)105-79-86(77-101-88(93)71-63-55-47-41-33-35-43-51-59-67-81(5)6)107-90(95)73-65-57-49-40-32-26-20-18-23-29-37-45-53-61-69-83(8)10-2/h80-86,91H,9-79H2,1-8H3,(H,96,97)(H,98,99)/t82?,83?,84-,85-,86-/m1/s1. The molecule has 4 unspecified atom stereocenters. The predicted octanol–water partition coefficient (Wildman–Crippen LogP) is 27.5. The summed E-state index contributed by atoms with van der Waals surface area (Å²) in [5, 5.41) is 10.7. The van der Waals surface area contributed by atoms with Crippen molar-refractivity contribution in [3.8, 4) is 0 Å². The van der Waals surface area contributed by atoms with E-state index in [2.05, 4.69) is 55.4 Å². The number of rotatable bonds is 87. The number of esters is 4. The zero-order valence-electron chi connectivity index (χ0n) is 72.2. The van der Waals surface area contributed by atoms with Crippen molar-refractivity contribution in [2.24, 2.45) is 23.7 Å². The number of carbonyl (C=O) groups is 4. The average molecular weight is 1590 g/mol. The van der Waals surface area contributed by atoms with Gasteiger partial charge in [0.1, 0.15) is 19.3 Å². The Bertz CT molecular complexity index is 2110. The minimum absolute atomic E-state index is 0.107. The van der Waals surface area contributed by atoms with Gasteiger partial charge in [-0.2, -0.15) is 0 Å². The first-order chi connectivity index (χ1) is 52.7. The van der Waals surface area contributed by atoms with Crippen molar-refractivity contribution in [2.75, 3.05) is 39.6 Å². The molecule has 0 aromatic carbocycles. The Kier molecular flexibility index (Phi) is 77.2. The highest BCUT2D eigenvalue weighted by molar-refractivity contribution is 7.47. The topological polar surface area (TPSA) is 237 Å². The quantitative estimate of drug-likeness (QED) is 0.0222. The molecule has 0 spiro atoms. The van der Waals surface area contributed by atoms with Crippen LogP contribution in [0.25, 0.3) is 0 Å². The maximum absolute atomic E-state index is 13.2. The number of hydrogen-bond donors (Lipinski definition) is 3. The largest absolute Gasteiger partial charge is 0.472 e. The molecule has 109 heavy (non-hydrogen) atoms. The summed E-state index contributed by atoms with van der Waals surface area (Å²) in [6.45, 7) is 14.4. The minimum atomic E-state index is -4.97. The zero-order valence-corrected chi connectivity index (χ0v) is 74.0. The summed E-state index contributed by atoms with van der Waals surface area (Å²) in [5.74, 6) is 1.16. The van der Waals surface area contributed by atoms with Gasteiger partial charge in [0.25, 0.3) is 0 Å². The molecule has 0 rings (SSSR count). The Labute approximate surface area is 670 Å². The first-order valence-electron chi connectivity index (χ1n) is 46.3. The third kappa shape index (κ3) is 81.0. The lowest BCUT2D eigenvalue weighted by molar-refractivity contribution is -0.161. The van der Waals surface area contributed by atoms with Crippen LogP contribution < -0.4 is 0 Å². The molecule has 0 saturated heterocycles. The molecular formula is C90H176O17P2. The lowest BCUT2D eigenvalue weighted by Crippen LogP contribution is -2.30. The van der Waals surface area contributed by atoms with E-state index < -0.39 is 97.5 Å². The molecule has 19 heteroatoms. The SMILES string of the molecule is CCC(C)CCCCCCCCCCCCCCCCC(=O)OC[C@H](COP(=O)(O)OC[C@@H](O)COP(=O)(O)OC[C@@H](COC(=O)CCCCCCCCCCCC(C)C)OC(=O)CCCCCCCCCCCCCCCCC(C)CC)OC(=O)CCCCCCCCCCCCCCCCCCCCC(C)C. The van der Waals surface area contributed by atoms with Gasteiger partial charge in [-0.15, -0.1) is 0 Å². The van der Waals surface area contributed by atoms with Crippen molar-refractivity contribution < 1.29 is 80.2 Å².